The molecule has 2 amide bonds. The summed E-state index contributed by atoms with van der Waals surface area (Å²) in [5.41, 5.74) is 0.504. The molecule has 2 atom stereocenters. The van der Waals surface area contributed by atoms with E-state index < -0.39 is 23.3 Å². The highest BCUT2D eigenvalue weighted by molar-refractivity contribution is 5.78. The molecule has 2 unspecified atom stereocenters. The zero-order chi connectivity index (χ0) is 28.9. The Bertz CT molecular complexity index is 1300. The van der Waals surface area contributed by atoms with E-state index in [1.165, 1.54) is 12.1 Å². The Morgan fingerprint density at radius 1 is 0.950 bits per heavy atom. The average molecular weight is 555 g/mol. The number of carboxylic acids is 1. The number of amides is 2. The lowest BCUT2D eigenvalue weighted by Crippen LogP contribution is -2.43. The largest absolute Gasteiger partial charge is 0.478 e. The maximum absolute atomic E-state index is 12.8. The normalized spacial score (nSPS) is 17.1. The molecule has 0 saturated carbocycles. The van der Waals surface area contributed by atoms with Crippen molar-refractivity contribution in [2.24, 2.45) is 0 Å². The average Bonchev–Trinajstić information content (AvgIpc) is 3.17. The molecule has 9 heteroatoms. The SMILES string of the molecule is CN1C(=O)N(Cc2ccc(C(F)(F)F)cc2)CC1CCCc1ccc(CC(C)(Oc2ccccc2)C(=O)O)cc1. The predicted molar refractivity (Wildman–Crippen MR) is 145 cm³/mol. The summed E-state index contributed by atoms with van der Waals surface area (Å²) in [6, 6.07) is 21.5. The van der Waals surface area contributed by atoms with E-state index in [0.717, 1.165) is 42.5 Å². The van der Waals surface area contributed by atoms with E-state index in [4.69, 9.17) is 4.74 Å². The lowest BCUT2D eigenvalue weighted by molar-refractivity contribution is -0.153. The van der Waals surface area contributed by atoms with Crippen LogP contribution in [0.25, 0.3) is 0 Å². The molecule has 0 aliphatic carbocycles. The van der Waals surface area contributed by atoms with Gasteiger partial charge in [-0.1, -0.05) is 54.6 Å². The van der Waals surface area contributed by atoms with Gasteiger partial charge in [0.25, 0.3) is 0 Å². The third kappa shape index (κ3) is 7.14. The van der Waals surface area contributed by atoms with E-state index in [0.29, 0.717) is 17.9 Å². The third-order valence-electron chi connectivity index (χ3n) is 7.31. The summed E-state index contributed by atoms with van der Waals surface area (Å²) in [6.07, 6.45) is -1.74. The van der Waals surface area contributed by atoms with E-state index in [9.17, 15) is 27.9 Å². The smallest absolute Gasteiger partial charge is 0.416 e. The summed E-state index contributed by atoms with van der Waals surface area (Å²) >= 11 is 0. The Morgan fingerprint density at radius 3 is 2.15 bits per heavy atom. The maximum Gasteiger partial charge on any atom is 0.416 e. The number of alkyl halides is 3. The molecule has 0 aromatic heterocycles. The Hall–Kier alpha value is -4.01. The van der Waals surface area contributed by atoms with Crippen molar-refractivity contribution >= 4 is 12.0 Å². The first-order valence-corrected chi connectivity index (χ1v) is 13.2. The van der Waals surface area contributed by atoms with Crippen LogP contribution in [0.1, 0.15) is 42.0 Å². The van der Waals surface area contributed by atoms with Crippen molar-refractivity contribution in [3.63, 3.8) is 0 Å². The Labute approximate surface area is 232 Å². The van der Waals surface area contributed by atoms with Crippen LogP contribution in [0.5, 0.6) is 5.75 Å². The Kier molecular flexibility index (Phi) is 8.71. The molecule has 1 heterocycles. The predicted octanol–water partition coefficient (Wildman–Crippen LogP) is 6.43. The summed E-state index contributed by atoms with van der Waals surface area (Å²) in [5.74, 6) is -0.541. The molecule has 6 nitrogen and oxygen atoms in total. The number of urea groups is 1. The number of aliphatic carboxylic acids is 1. The molecule has 1 aliphatic heterocycles. The zero-order valence-electron chi connectivity index (χ0n) is 22.5. The molecule has 3 aromatic carbocycles. The van der Waals surface area contributed by atoms with Gasteiger partial charge in [0.05, 0.1) is 11.6 Å². The van der Waals surface area contributed by atoms with Crippen LogP contribution in [-0.4, -0.2) is 52.1 Å². The summed E-state index contributed by atoms with van der Waals surface area (Å²) in [5, 5.41) is 9.81. The van der Waals surface area contributed by atoms with E-state index >= 15 is 0 Å². The first kappa shape index (κ1) is 29.0. The van der Waals surface area contributed by atoms with Crippen molar-refractivity contribution < 1.29 is 32.6 Å². The van der Waals surface area contributed by atoms with Gasteiger partial charge in [0, 0.05) is 26.6 Å². The number of carbonyl (C=O) groups is 2. The first-order valence-electron chi connectivity index (χ1n) is 13.2. The lowest BCUT2D eigenvalue weighted by Gasteiger charge is -2.26. The first-order chi connectivity index (χ1) is 18.9. The summed E-state index contributed by atoms with van der Waals surface area (Å²) in [6.45, 7) is 2.35. The minimum absolute atomic E-state index is 0.0210. The van der Waals surface area contributed by atoms with Gasteiger partial charge in [-0.2, -0.15) is 13.2 Å². The van der Waals surface area contributed by atoms with Crippen molar-refractivity contribution in [3.8, 4) is 5.75 Å². The van der Waals surface area contributed by atoms with Crippen LogP contribution in [0.3, 0.4) is 0 Å². The molecule has 1 aliphatic rings. The topological polar surface area (TPSA) is 70.1 Å². The minimum Gasteiger partial charge on any atom is -0.478 e. The molecule has 0 bridgehead atoms. The van der Waals surface area contributed by atoms with Gasteiger partial charge in [-0.25, -0.2) is 9.59 Å². The van der Waals surface area contributed by atoms with Crippen LogP contribution in [0.15, 0.2) is 78.9 Å². The van der Waals surface area contributed by atoms with Crippen molar-refractivity contribution in [1.82, 2.24) is 9.80 Å². The fourth-order valence-electron chi connectivity index (χ4n) is 4.93. The quantitative estimate of drug-likeness (QED) is 0.297. The Balaban J connectivity index is 1.27. The van der Waals surface area contributed by atoms with Crippen molar-refractivity contribution in [2.45, 2.75) is 57.0 Å². The molecular formula is C31H33F3N2O4. The number of carbonyl (C=O) groups excluding carboxylic acids is 1. The third-order valence-corrected chi connectivity index (χ3v) is 7.31. The van der Waals surface area contributed by atoms with Crippen LogP contribution in [-0.2, 0) is 30.4 Å². The zero-order valence-corrected chi connectivity index (χ0v) is 22.5. The second-order valence-electron chi connectivity index (χ2n) is 10.5. The van der Waals surface area contributed by atoms with Crippen LogP contribution in [0, 0.1) is 0 Å². The summed E-state index contributed by atoms with van der Waals surface area (Å²) in [7, 11) is 1.76. The van der Waals surface area contributed by atoms with Gasteiger partial charge in [-0.3, -0.25) is 0 Å². The standard InChI is InChI=1S/C31H33F3N2O4/c1-30(28(37)38,40-27-9-4-3-5-10-27)19-23-13-11-22(12-14-23)7-6-8-26-21-36(29(39)35(26)2)20-24-15-17-25(18-16-24)31(32,33)34/h3-5,9-18,26H,6-8,19-21H2,1-2H3,(H,37,38). The van der Waals surface area contributed by atoms with Crippen LogP contribution in [0.2, 0.25) is 0 Å². The number of para-hydroxylation sites is 1. The van der Waals surface area contributed by atoms with E-state index in [-0.39, 0.29) is 25.0 Å². The molecule has 1 fully saturated rings. The maximum atomic E-state index is 12.8. The van der Waals surface area contributed by atoms with Crippen LogP contribution >= 0.6 is 0 Å². The molecule has 1 N–H and O–H groups in total. The number of carboxylic acid groups (broad SMARTS) is 1. The van der Waals surface area contributed by atoms with Crippen molar-refractivity contribution in [3.05, 3.63) is 101 Å². The highest BCUT2D eigenvalue weighted by Crippen LogP contribution is 2.30. The number of hydrogen-bond donors (Lipinski definition) is 1. The van der Waals surface area contributed by atoms with Gasteiger partial charge in [-0.05, 0) is 67.1 Å². The number of rotatable bonds is 11. The molecule has 0 radical (unpaired) electrons. The van der Waals surface area contributed by atoms with Gasteiger partial charge in [-0.15, -0.1) is 0 Å². The number of nitrogens with zero attached hydrogens (tertiary/aromatic N) is 2. The molecule has 1 saturated heterocycles. The Morgan fingerprint density at radius 2 is 1.55 bits per heavy atom. The van der Waals surface area contributed by atoms with E-state index in [1.54, 1.807) is 48.0 Å². The molecule has 0 spiro atoms. The van der Waals surface area contributed by atoms with Crippen LogP contribution < -0.4 is 4.74 Å². The van der Waals surface area contributed by atoms with Crippen molar-refractivity contribution in [1.29, 1.82) is 0 Å². The van der Waals surface area contributed by atoms with Crippen molar-refractivity contribution in [2.75, 3.05) is 13.6 Å². The molecule has 40 heavy (non-hydrogen) atoms. The highest BCUT2D eigenvalue weighted by Gasteiger charge is 2.36. The minimum atomic E-state index is -4.39. The number of likely N-dealkylation sites (N-methyl/N-ethyl adjacent to an activating group) is 1. The molecule has 212 valence electrons. The number of halogens is 3. The highest BCUT2D eigenvalue weighted by atomic mass is 19.4. The van der Waals surface area contributed by atoms with Gasteiger partial charge in [0.15, 0.2) is 0 Å². The van der Waals surface area contributed by atoms with Gasteiger partial charge in [0.2, 0.25) is 5.60 Å². The fourth-order valence-corrected chi connectivity index (χ4v) is 4.93. The monoisotopic (exact) mass is 554 g/mol. The number of benzene rings is 3. The van der Waals surface area contributed by atoms with Gasteiger partial charge in [0.1, 0.15) is 5.75 Å². The van der Waals surface area contributed by atoms with Gasteiger partial charge >= 0.3 is 18.2 Å². The second-order valence-corrected chi connectivity index (χ2v) is 10.5. The van der Waals surface area contributed by atoms with Crippen LogP contribution in [0.4, 0.5) is 18.0 Å². The summed E-state index contributed by atoms with van der Waals surface area (Å²) in [4.78, 5) is 28.1. The van der Waals surface area contributed by atoms with Gasteiger partial charge < -0.3 is 19.6 Å². The molecule has 3 aromatic rings. The lowest BCUT2D eigenvalue weighted by atomic mass is 9.94. The van der Waals surface area contributed by atoms with E-state index in [1.807, 2.05) is 30.3 Å². The number of aryl methyl sites for hydroxylation is 1. The molecular weight excluding hydrogens is 521 g/mol. The number of hydrogen-bond acceptors (Lipinski definition) is 3. The second kappa shape index (κ2) is 12.0. The fraction of sp³-hybridized carbons (Fsp3) is 0.355. The number of ether oxygens (including phenoxy) is 1. The van der Waals surface area contributed by atoms with E-state index in [2.05, 4.69) is 0 Å². The molecule has 4 rings (SSSR count). The summed E-state index contributed by atoms with van der Waals surface area (Å²) < 4.78 is 44.3.